The molecule has 0 aliphatic rings. The summed E-state index contributed by atoms with van der Waals surface area (Å²) >= 11 is 0. The summed E-state index contributed by atoms with van der Waals surface area (Å²) in [6.07, 6.45) is 3.27. The molecule has 0 spiro atoms. The largest absolute Gasteiger partial charge is 0.368 e. The van der Waals surface area contributed by atoms with Crippen LogP contribution in [0.15, 0.2) is 12.4 Å². The van der Waals surface area contributed by atoms with E-state index in [1.54, 1.807) is 19.3 Å². The van der Waals surface area contributed by atoms with Crippen LogP contribution in [0.25, 0.3) is 11.6 Å². The number of imidazole rings is 1. The van der Waals surface area contributed by atoms with Gasteiger partial charge in [-0.1, -0.05) is 0 Å². The van der Waals surface area contributed by atoms with Crippen LogP contribution in [-0.2, 0) is 0 Å². The monoisotopic (exact) mass is 221 g/mol. The number of aromatic nitrogens is 4. The summed E-state index contributed by atoms with van der Waals surface area (Å²) in [5, 5.41) is 2.85. The third kappa shape index (κ3) is 1.86. The Morgan fingerprint density at radius 2 is 2.25 bits per heavy atom. The number of hydrogen-bond acceptors (Lipinski definition) is 4. The van der Waals surface area contributed by atoms with Gasteiger partial charge in [0.1, 0.15) is 0 Å². The first-order valence-electron chi connectivity index (χ1n) is 5.00. The Balaban J connectivity index is 2.48. The molecule has 5 nitrogen and oxygen atoms in total. The second-order valence-electron chi connectivity index (χ2n) is 3.26. The number of H-pyrrole nitrogens is 1. The number of nitrogens with one attached hydrogen (secondary N) is 2. The summed E-state index contributed by atoms with van der Waals surface area (Å²) in [7, 11) is 0. The van der Waals surface area contributed by atoms with Gasteiger partial charge in [-0.15, -0.1) is 0 Å². The van der Waals surface area contributed by atoms with Gasteiger partial charge < -0.3 is 10.3 Å². The standard InChI is InChI=1S/C10H12FN5/c1-3-12-8-7(11)6(2)15-10(16-8)9-13-4-5-14-9/h4-5H,3H2,1-2H3,(H,13,14)(H,12,15,16). The van der Waals surface area contributed by atoms with Crippen LogP contribution in [-0.4, -0.2) is 26.5 Å². The maximum absolute atomic E-state index is 13.6. The fourth-order valence-corrected chi connectivity index (χ4v) is 1.34. The molecule has 6 heteroatoms. The van der Waals surface area contributed by atoms with Crippen LogP contribution >= 0.6 is 0 Å². The second-order valence-corrected chi connectivity index (χ2v) is 3.26. The SMILES string of the molecule is CCNc1nc(-c2ncc[nH]2)nc(C)c1F. The summed E-state index contributed by atoms with van der Waals surface area (Å²) in [6, 6.07) is 0. The number of hydrogen-bond donors (Lipinski definition) is 2. The maximum Gasteiger partial charge on any atom is 0.198 e. The van der Waals surface area contributed by atoms with Crippen molar-refractivity contribution in [1.29, 1.82) is 0 Å². The van der Waals surface area contributed by atoms with Gasteiger partial charge in [-0.05, 0) is 13.8 Å². The Morgan fingerprint density at radius 3 is 2.88 bits per heavy atom. The predicted molar refractivity (Wildman–Crippen MR) is 58.5 cm³/mol. The smallest absolute Gasteiger partial charge is 0.198 e. The molecule has 0 aliphatic carbocycles. The number of anilines is 1. The minimum atomic E-state index is -0.419. The zero-order valence-electron chi connectivity index (χ0n) is 9.08. The summed E-state index contributed by atoms with van der Waals surface area (Å²) < 4.78 is 13.6. The van der Waals surface area contributed by atoms with Crippen molar-refractivity contribution in [1.82, 2.24) is 19.9 Å². The molecule has 2 aromatic rings. The first-order valence-corrected chi connectivity index (χ1v) is 5.00. The molecular weight excluding hydrogens is 209 g/mol. The van der Waals surface area contributed by atoms with Gasteiger partial charge in [0, 0.05) is 18.9 Å². The molecule has 16 heavy (non-hydrogen) atoms. The van der Waals surface area contributed by atoms with Crippen LogP contribution in [0.1, 0.15) is 12.6 Å². The normalized spacial score (nSPS) is 10.4. The summed E-state index contributed by atoms with van der Waals surface area (Å²) in [5.74, 6) is 0.709. The van der Waals surface area contributed by atoms with E-state index >= 15 is 0 Å². The molecule has 0 amide bonds. The van der Waals surface area contributed by atoms with Crippen LogP contribution in [0.2, 0.25) is 0 Å². The van der Waals surface area contributed by atoms with Gasteiger partial charge in [0.25, 0.3) is 0 Å². The molecule has 0 radical (unpaired) electrons. The highest BCUT2D eigenvalue weighted by Gasteiger charge is 2.12. The van der Waals surface area contributed by atoms with Gasteiger partial charge in [0.2, 0.25) is 0 Å². The van der Waals surface area contributed by atoms with Crippen molar-refractivity contribution in [3.63, 3.8) is 0 Å². The lowest BCUT2D eigenvalue weighted by Gasteiger charge is -2.07. The number of aromatic amines is 1. The zero-order chi connectivity index (χ0) is 11.5. The number of halogens is 1. The van der Waals surface area contributed by atoms with Crippen molar-refractivity contribution in [2.24, 2.45) is 0 Å². The molecule has 2 N–H and O–H groups in total. The molecule has 0 saturated carbocycles. The predicted octanol–water partition coefficient (Wildman–Crippen LogP) is 1.75. The molecule has 0 aromatic carbocycles. The number of nitrogens with zero attached hydrogens (tertiary/aromatic N) is 3. The topological polar surface area (TPSA) is 66.5 Å². The summed E-state index contributed by atoms with van der Waals surface area (Å²) in [6.45, 7) is 4.08. The molecular formula is C10H12FN5. The molecule has 84 valence electrons. The average Bonchev–Trinajstić information content (AvgIpc) is 2.78. The highest BCUT2D eigenvalue weighted by molar-refractivity contribution is 5.49. The van der Waals surface area contributed by atoms with E-state index in [4.69, 9.17) is 0 Å². The van der Waals surface area contributed by atoms with Crippen molar-refractivity contribution >= 4 is 5.82 Å². The van der Waals surface area contributed by atoms with E-state index in [2.05, 4.69) is 25.3 Å². The van der Waals surface area contributed by atoms with E-state index in [1.807, 2.05) is 6.92 Å². The minimum Gasteiger partial charge on any atom is -0.368 e. The first-order chi connectivity index (χ1) is 7.72. The van der Waals surface area contributed by atoms with Gasteiger partial charge in [-0.3, -0.25) is 0 Å². The fourth-order valence-electron chi connectivity index (χ4n) is 1.34. The second kappa shape index (κ2) is 4.26. The number of rotatable bonds is 3. The van der Waals surface area contributed by atoms with Crippen LogP contribution in [0, 0.1) is 12.7 Å². The molecule has 2 heterocycles. The average molecular weight is 221 g/mol. The molecule has 0 saturated heterocycles. The van der Waals surface area contributed by atoms with Crippen molar-refractivity contribution < 1.29 is 4.39 Å². The van der Waals surface area contributed by atoms with E-state index in [-0.39, 0.29) is 5.82 Å². The molecule has 0 bridgehead atoms. The van der Waals surface area contributed by atoms with E-state index in [1.165, 1.54) is 0 Å². The minimum absolute atomic E-state index is 0.210. The van der Waals surface area contributed by atoms with Crippen molar-refractivity contribution in [3.05, 3.63) is 23.9 Å². The van der Waals surface area contributed by atoms with Gasteiger partial charge in [-0.25, -0.2) is 19.3 Å². The van der Waals surface area contributed by atoms with E-state index in [0.717, 1.165) is 0 Å². The Hall–Kier alpha value is -1.98. The molecule has 0 unspecified atom stereocenters. The van der Waals surface area contributed by atoms with Crippen molar-refractivity contribution in [2.45, 2.75) is 13.8 Å². The third-order valence-electron chi connectivity index (χ3n) is 2.07. The fraction of sp³-hybridized carbons (Fsp3) is 0.300. The quantitative estimate of drug-likeness (QED) is 0.828. The summed E-state index contributed by atoms with van der Waals surface area (Å²) in [4.78, 5) is 15.0. The molecule has 0 fully saturated rings. The molecule has 2 rings (SSSR count). The number of aryl methyl sites for hydroxylation is 1. The molecule has 0 aliphatic heterocycles. The third-order valence-corrected chi connectivity index (χ3v) is 2.07. The lowest BCUT2D eigenvalue weighted by molar-refractivity contribution is 0.606. The lowest BCUT2D eigenvalue weighted by Crippen LogP contribution is -2.07. The summed E-state index contributed by atoms with van der Waals surface area (Å²) in [5.41, 5.74) is 0.303. The van der Waals surface area contributed by atoms with E-state index < -0.39 is 5.82 Å². The van der Waals surface area contributed by atoms with Gasteiger partial charge in [0.15, 0.2) is 23.3 Å². The Bertz CT molecular complexity index is 480. The van der Waals surface area contributed by atoms with Crippen LogP contribution in [0.5, 0.6) is 0 Å². The van der Waals surface area contributed by atoms with Crippen LogP contribution in [0.4, 0.5) is 10.2 Å². The lowest BCUT2D eigenvalue weighted by atomic mass is 10.3. The zero-order valence-corrected chi connectivity index (χ0v) is 9.08. The van der Waals surface area contributed by atoms with E-state index in [9.17, 15) is 4.39 Å². The van der Waals surface area contributed by atoms with Crippen molar-refractivity contribution in [2.75, 3.05) is 11.9 Å². The Morgan fingerprint density at radius 1 is 1.44 bits per heavy atom. The Kier molecular flexibility index (Phi) is 2.80. The molecule has 0 atom stereocenters. The van der Waals surface area contributed by atoms with Crippen LogP contribution in [0.3, 0.4) is 0 Å². The maximum atomic E-state index is 13.6. The van der Waals surface area contributed by atoms with E-state index in [0.29, 0.717) is 23.9 Å². The first kappa shape index (κ1) is 10.5. The van der Waals surface area contributed by atoms with Crippen molar-refractivity contribution in [3.8, 4) is 11.6 Å². The van der Waals surface area contributed by atoms with Crippen LogP contribution < -0.4 is 5.32 Å². The van der Waals surface area contributed by atoms with Gasteiger partial charge in [-0.2, -0.15) is 0 Å². The highest BCUT2D eigenvalue weighted by atomic mass is 19.1. The highest BCUT2D eigenvalue weighted by Crippen LogP contribution is 2.18. The van der Waals surface area contributed by atoms with Gasteiger partial charge >= 0.3 is 0 Å². The van der Waals surface area contributed by atoms with Gasteiger partial charge in [0.05, 0.1) is 5.69 Å². The Labute approximate surface area is 92.2 Å². The molecule has 2 aromatic heterocycles.